The van der Waals surface area contributed by atoms with Crippen molar-refractivity contribution in [3.63, 3.8) is 0 Å². The molecule has 3 saturated carbocycles. The number of ketones is 2. The van der Waals surface area contributed by atoms with Crippen LogP contribution >= 0.6 is 0 Å². The molecule has 45 heavy (non-hydrogen) atoms. The van der Waals surface area contributed by atoms with Gasteiger partial charge in [0.1, 0.15) is 18.8 Å². The smallest absolute Gasteiger partial charge is 0.310 e. The highest BCUT2D eigenvalue weighted by Crippen LogP contribution is 2.68. The first-order valence-corrected chi connectivity index (χ1v) is 16.8. The van der Waals surface area contributed by atoms with Crippen LogP contribution in [-0.4, -0.2) is 57.8 Å². The number of carbonyl (C=O) groups is 3. The first-order valence-electron chi connectivity index (χ1n) is 16.8. The van der Waals surface area contributed by atoms with Crippen LogP contribution in [0.2, 0.25) is 0 Å². The fourth-order valence-electron chi connectivity index (χ4n) is 9.19. The fraction of sp³-hybridized carbons (Fsp3) is 0.658. The molecule has 0 aromatic carbocycles. The van der Waals surface area contributed by atoms with E-state index < -0.39 is 40.9 Å². The topological polar surface area (TPSA) is 121 Å². The lowest BCUT2D eigenvalue weighted by Crippen LogP contribution is -2.62. The van der Waals surface area contributed by atoms with Crippen LogP contribution < -0.4 is 0 Å². The minimum absolute atomic E-state index is 0.00969. The number of carbonyl (C=O) groups excluding carboxylic acids is 3. The van der Waals surface area contributed by atoms with E-state index in [2.05, 4.69) is 32.9 Å². The molecule has 4 rings (SSSR count). The molecule has 3 fully saturated rings. The Morgan fingerprint density at radius 3 is 2.33 bits per heavy atom. The van der Waals surface area contributed by atoms with E-state index in [0.717, 1.165) is 43.3 Å². The standard InChI is InChI=1S/C38H54O7/c1-24(2)9-7-10-25(3)11-8-12-26(4)16-18-45-34(43)21-28-20-29(40)19-27-13-14-30-31-15-17-38(44,33(42)23-39)36(31,5)22-32(41)35(30)37(27,28)6/h9,11,16,19-20,30-32,35,39,41,44H,7-8,10,12-15,17-18,21-23H2,1-6H3/t30-,31-,32-,35+,36-,37+,38-/m0/s1. The molecule has 0 aliphatic heterocycles. The van der Waals surface area contributed by atoms with Gasteiger partial charge in [0.15, 0.2) is 11.6 Å². The summed E-state index contributed by atoms with van der Waals surface area (Å²) in [5.74, 6) is -1.45. The summed E-state index contributed by atoms with van der Waals surface area (Å²) in [6.45, 7) is 11.8. The third-order valence-electron chi connectivity index (χ3n) is 11.7. The summed E-state index contributed by atoms with van der Waals surface area (Å²) < 4.78 is 5.63. The lowest BCUT2D eigenvalue weighted by molar-refractivity contribution is -0.179. The Kier molecular flexibility index (Phi) is 11.0. The molecular formula is C38H54O7. The highest BCUT2D eigenvalue weighted by Gasteiger charge is 2.68. The Bertz CT molecular complexity index is 1330. The van der Waals surface area contributed by atoms with Gasteiger partial charge in [-0.3, -0.25) is 14.4 Å². The van der Waals surface area contributed by atoms with E-state index in [1.807, 2.05) is 26.8 Å². The zero-order valence-corrected chi connectivity index (χ0v) is 28.2. The molecule has 0 radical (unpaired) electrons. The van der Waals surface area contributed by atoms with Crippen LogP contribution in [0.3, 0.4) is 0 Å². The van der Waals surface area contributed by atoms with Gasteiger partial charge in [0.2, 0.25) is 0 Å². The first-order chi connectivity index (χ1) is 21.2. The lowest BCUT2D eigenvalue weighted by atomic mass is 9.44. The zero-order chi connectivity index (χ0) is 33.2. The third-order valence-corrected chi connectivity index (χ3v) is 11.7. The number of ether oxygens (including phenoxy) is 1. The molecule has 0 spiro atoms. The van der Waals surface area contributed by atoms with Gasteiger partial charge in [-0.15, -0.1) is 0 Å². The van der Waals surface area contributed by atoms with E-state index in [4.69, 9.17) is 4.74 Å². The molecule has 4 aliphatic rings. The molecule has 0 unspecified atom stereocenters. The van der Waals surface area contributed by atoms with Crippen molar-refractivity contribution in [3.05, 3.63) is 58.2 Å². The molecule has 3 N–H and O–H groups in total. The Morgan fingerprint density at radius 2 is 1.67 bits per heavy atom. The van der Waals surface area contributed by atoms with Gasteiger partial charge in [-0.25, -0.2) is 0 Å². The second kappa shape index (κ2) is 14.0. The number of esters is 1. The van der Waals surface area contributed by atoms with Gasteiger partial charge in [-0.1, -0.05) is 48.3 Å². The number of aliphatic hydroxyl groups is 3. The van der Waals surface area contributed by atoms with E-state index >= 15 is 0 Å². The van der Waals surface area contributed by atoms with Crippen molar-refractivity contribution in [2.75, 3.05) is 13.2 Å². The van der Waals surface area contributed by atoms with E-state index in [1.54, 1.807) is 12.2 Å². The molecule has 0 saturated heterocycles. The summed E-state index contributed by atoms with van der Waals surface area (Å²) in [6, 6.07) is 0. The molecule has 248 valence electrons. The van der Waals surface area contributed by atoms with Crippen LogP contribution in [0.15, 0.2) is 58.2 Å². The highest BCUT2D eigenvalue weighted by atomic mass is 16.5. The molecule has 7 atom stereocenters. The second-order valence-electron chi connectivity index (χ2n) is 14.8. The number of aliphatic hydroxyl groups excluding tert-OH is 2. The molecule has 0 aromatic rings. The van der Waals surface area contributed by atoms with E-state index in [1.165, 1.54) is 11.1 Å². The predicted molar refractivity (Wildman–Crippen MR) is 175 cm³/mol. The number of allylic oxidation sites excluding steroid dienone is 8. The fourth-order valence-corrected chi connectivity index (χ4v) is 9.19. The van der Waals surface area contributed by atoms with Crippen molar-refractivity contribution < 1.29 is 34.4 Å². The Morgan fingerprint density at radius 1 is 1.00 bits per heavy atom. The number of rotatable bonds is 12. The van der Waals surface area contributed by atoms with Crippen molar-refractivity contribution >= 4 is 17.5 Å². The van der Waals surface area contributed by atoms with Crippen molar-refractivity contribution in [2.24, 2.45) is 28.6 Å². The number of Topliss-reactive ketones (excluding diaryl/α,β-unsaturated/α-hetero) is 1. The largest absolute Gasteiger partial charge is 0.461 e. The van der Waals surface area contributed by atoms with Gasteiger partial charge < -0.3 is 20.1 Å². The minimum atomic E-state index is -1.67. The lowest BCUT2D eigenvalue weighted by Gasteiger charge is -2.60. The summed E-state index contributed by atoms with van der Waals surface area (Å²) >= 11 is 0. The SMILES string of the molecule is CC(C)=CCCC(C)=CCCC(C)=CCOC(=O)CC1=CC(=O)C=C2CC[C@@H]3[C@H]([C@@H](O)C[C@@]4(C)[C@H]3CC[C@]4(O)C(=O)CO)[C@]21C. The number of hydrogen-bond acceptors (Lipinski definition) is 7. The number of fused-ring (bicyclic) bond motifs is 5. The quantitative estimate of drug-likeness (QED) is 0.173. The van der Waals surface area contributed by atoms with E-state index in [9.17, 15) is 29.7 Å². The summed E-state index contributed by atoms with van der Waals surface area (Å²) in [4.78, 5) is 38.6. The summed E-state index contributed by atoms with van der Waals surface area (Å²) in [5, 5.41) is 32.9. The normalized spacial score (nSPS) is 34.6. The van der Waals surface area contributed by atoms with Gasteiger partial charge in [-0.05, 0) is 121 Å². The number of hydrogen-bond donors (Lipinski definition) is 3. The summed E-state index contributed by atoms with van der Waals surface area (Å²) in [5.41, 5.74) is 2.23. The Hall–Kier alpha value is -2.61. The Balaban J connectivity index is 1.42. The molecule has 0 amide bonds. The van der Waals surface area contributed by atoms with Crippen LogP contribution in [0.4, 0.5) is 0 Å². The predicted octanol–water partition coefficient (Wildman–Crippen LogP) is 6.28. The van der Waals surface area contributed by atoms with Crippen LogP contribution in [0.5, 0.6) is 0 Å². The molecular weight excluding hydrogens is 568 g/mol. The van der Waals surface area contributed by atoms with Crippen LogP contribution in [-0.2, 0) is 19.1 Å². The maximum Gasteiger partial charge on any atom is 0.310 e. The van der Waals surface area contributed by atoms with Crippen LogP contribution in [0.25, 0.3) is 0 Å². The zero-order valence-electron chi connectivity index (χ0n) is 28.2. The monoisotopic (exact) mass is 622 g/mol. The summed E-state index contributed by atoms with van der Waals surface area (Å²) in [7, 11) is 0. The molecule has 0 heterocycles. The molecule has 7 nitrogen and oxygen atoms in total. The third kappa shape index (κ3) is 6.91. The van der Waals surface area contributed by atoms with Crippen molar-refractivity contribution in [3.8, 4) is 0 Å². The molecule has 4 aliphatic carbocycles. The van der Waals surface area contributed by atoms with Crippen molar-refractivity contribution in [1.82, 2.24) is 0 Å². The highest BCUT2D eigenvalue weighted by molar-refractivity contribution is 6.02. The summed E-state index contributed by atoms with van der Waals surface area (Å²) in [6.07, 6.45) is 15.2. The van der Waals surface area contributed by atoms with Gasteiger partial charge in [0.05, 0.1) is 12.5 Å². The van der Waals surface area contributed by atoms with Gasteiger partial charge in [-0.2, -0.15) is 0 Å². The van der Waals surface area contributed by atoms with E-state index in [0.29, 0.717) is 18.4 Å². The maximum atomic E-state index is 13.1. The Labute approximate surface area is 269 Å². The average molecular weight is 623 g/mol. The van der Waals surface area contributed by atoms with Crippen molar-refractivity contribution in [2.45, 2.75) is 117 Å². The van der Waals surface area contributed by atoms with Crippen molar-refractivity contribution in [1.29, 1.82) is 0 Å². The minimum Gasteiger partial charge on any atom is -0.461 e. The van der Waals surface area contributed by atoms with Crippen LogP contribution in [0, 0.1) is 28.6 Å². The first kappa shape index (κ1) is 35.2. The molecule has 0 bridgehead atoms. The second-order valence-corrected chi connectivity index (χ2v) is 14.8. The van der Waals surface area contributed by atoms with E-state index in [-0.39, 0.29) is 49.4 Å². The molecule has 7 heteroatoms. The maximum absolute atomic E-state index is 13.1. The van der Waals surface area contributed by atoms with Gasteiger partial charge in [0.25, 0.3) is 0 Å². The molecule has 0 aromatic heterocycles. The van der Waals surface area contributed by atoms with Gasteiger partial charge >= 0.3 is 5.97 Å². The van der Waals surface area contributed by atoms with Gasteiger partial charge in [0, 0.05) is 16.7 Å². The van der Waals surface area contributed by atoms with Crippen LogP contribution in [0.1, 0.15) is 106 Å². The average Bonchev–Trinajstić information content (AvgIpc) is 3.23.